The summed E-state index contributed by atoms with van der Waals surface area (Å²) in [6, 6.07) is 4.26. The Morgan fingerprint density at radius 2 is 2.10 bits per heavy atom. The topological polar surface area (TPSA) is 73.4 Å². The minimum absolute atomic E-state index is 0.153. The van der Waals surface area contributed by atoms with E-state index in [1.165, 1.54) is 23.9 Å². The summed E-state index contributed by atoms with van der Waals surface area (Å²) >= 11 is 0. The third-order valence-electron chi connectivity index (χ3n) is 3.10. The lowest BCUT2D eigenvalue weighted by molar-refractivity contribution is 0.0602. The van der Waals surface area contributed by atoms with Crippen LogP contribution >= 0.6 is 0 Å². The van der Waals surface area contributed by atoms with E-state index in [2.05, 4.69) is 5.10 Å². The van der Waals surface area contributed by atoms with Gasteiger partial charge in [-0.05, 0) is 30.7 Å². The number of aryl methyl sites for hydroxylation is 1. The molecular weight excluding hydrogens is 275 g/mol. The molecule has 0 spiro atoms. The number of nitrogens with zero attached hydrogens (tertiary/aromatic N) is 3. The predicted molar refractivity (Wildman–Crippen MR) is 78.3 cm³/mol. The molecule has 1 aromatic carbocycles. The second-order valence-corrected chi connectivity index (χ2v) is 4.81. The van der Waals surface area contributed by atoms with Gasteiger partial charge in [-0.2, -0.15) is 0 Å². The maximum Gasteiger partial charge on any atom is 0.345 e. The molecule has 1 heterocycles. The van der Waals surface area contributed by atoms with E-state index in [9.17, 15) is 9.18 Å². The van der Waals surface area contributed by atoms with Gasteiger partial charge in [-0.25, -0.2) is 13.9 Å². The SMILES string of the molecule is COC(=O)c1c(N(C)C)nn(-c2ccc(F)cc2C)c1N. The second kappa shape index (κ2) is 5.43. The maximum absolute atomic E-state index is 13.2. The molecule has 0 aliphatic rings. The molecule has 112 valence electrons. The smallest absolute Gasteiger partial charge is 0.345 e. The van der Waals surface area contributed by atoms with Gasteiger partial charge in [-0.15, -0.1) is 5.10 Å². The summed E-state index contributed by atoms with van der Waals surface area (Å²) in [6.45, 7) is 1.74. The second-order valence-electron chi connectivity index (χ2n) is 4.81. The molecule has 0 atom stereocenters. The monoisotopic (exact) mass is 292 g/mol. The van der Waals surface area contributed by atoms with E-state index in [0.717, 1.165) is 0 Å². The molecule has 0 bridgehead atoms. The molecular formula is C14H17FN4O2. The third kappa shape index (κ3) is 2.54. The number of carbonyl (C=O) groups excluding carboxylic acids is 1. The summed E-state index contributed by atoms with van der Waals surface area (Å²) in [4.78, 5) is 13.6. The van der Waals surface area contributed by atoms with Gasteiger partial charge in [0.2, 0.25) is 0 Å². The Hall–Kier alpha value is -2.57. The summed E-state index contributed by atoms with van der Waals surface area (Å²) in [5, 5.41) is 4.33. The highest BCUT2D eigenvalue weighted by atomic mass is 19.1. The van der Waals surface area contributed by atoms with Gasteiger partial charge in [-0.1, -0.05) is 0 Å². The van der Waals surface area contributed by atoms with Crippen LogP contribution in [0.4, 0.5) is 16.0 Å². The minimum Gasteiger partial charge on any atom is -0.465 e. The Bertz CT molecular complexity index is 695. The van der Waals surface area contributed by atoms with E-state index >= 15 is 0 Å². The number of nitrogen functional groups attached to an aromatic ring is 1. The first-order valence-corrected chi connectivity index (χ1v) is 6.27. The van der Waals surface area contributed by atoms with Crippen molar-refractivity contribution in [3.8, 4) is 5.69 Å². The fourth-order valence-electron chi connectivity index (χ4n) is 2.07. The van der Waals surface area contributed by atoms with Gasteiger partial charge in [0.1, 0.15) is 17.2 Å². The van der Waals surface area contributed by atoms with Crippen molar-refractivity contribution in [2.24, 2.45) is 0 Å². The average molecular weight is 292 g/mol. The van der Waals surface area contributed by atoms with Crippen molar-refractivity contribution in [3.05, 3.63) is 35.1 Å². The number of rotatable bonds is 3. The highest BCUT2D eigenvalue weighted by Crippen LogP contribution is 2.28. The molecule has 0 saturated carbocycles. The first-order chi connectivity index (χ1) is 9.86. The highest BCUT2D eigenvalue weighted by Gasteiger charge is 2.25. The lowest BCUT2D eigenvalue weighted by Gasteiger charge is -2.09. The van der Waals surface area contributed by atoms with Crippen molar-refractivity contribution in [2.45, 2.75) is 6.92 Å². The van der Waals surface area contributed by atoms with E-state index in [4.69, 9.17) is 10.5 Å². The van der Waals surface area contributed by atoms with E-state index < -0.39 is 5.97 Å². The molecule has 0 fully saturated rings. The van der Waals surface area contributed by atoms with Crippen molar-refractivity contribution in [2.75, 3.05) is 31.8 Å². The zero-order chi connectivity index (χ0) is 15.7. The summed E-state index contributed by atoms with van der Waals surface area (Å²) in [5.74, 6) is -0.367. The zero-order valence-corrected chi connectivity index (χ0v) is 12.3. The average Bonchev–Trinajstić information content (AvgIpc) is 2.76. The summed E-state index contributed by atoms with van der Waals surface area (Å²) in [6.07, 6.45) is 0. The standard InChI is InChI=1S/C14H17FN4O2/c1-8-7-9(15)5-6-10(8)19-12(16)11(14(20)21-4)13(17-19)18(2)3/h5-7H,16H2,1-4H3. The number of halogens is 1. The van der Waals surface area contributed by atoms with Crippen LogP contribution < -0.4 is 10.6 Å². The molecule has 0 unspecified atom stereocenters. The molecule has 0 amide bonds. The van der Waals surface area contributed by atoms with E-state index in [1.807, 2.05) is 0 Å². The van der Waals surface area contributed by atoms with Crippen LogP contribution in [0.3, 0.4) is 0 Å². The van der Waals surface area contributed by atoms with Crippen LogP contribution in [-0.2, 0) is 4.74 Å². The Morgan fingerprint density at radius 3 is 2.62 bits per heavy atom. The third-order valence-corrected chi connectivity index (χ3v) is 3.10. The predicted octanol–water partition coefficient (Wildman–Crippen LogP) is 1.75. The molecule has 2 aromatic rings. The van der Waals surface area contributed by atoms with Gasteiger partial charge in [0, 0.05) is 14.1 Å². The van der Waals surface area contributed by atoms with Crippen LogP contribution in [0.2, 0.25) is 0 Å². The molecule has 6 nitrogen and oxygen atoms in total. The van der Waals surface area contributed by atoms with Gasteiger partial charge >= 0.3 is 5.97 Å². The largest absolute Gasteiger partial charge is 0.465 e. The number of benzene rings is 1. The summed E-state index contributed by atoms with van der Waals surface area (Å²) in [5.41, 5.74) is 7.49. The first kappa shape index (κ1) is 14.8. The Balaban J connectivity index is 2.68. The van der Waals surface area contributed by atoms with Crippen molar-refractivity contribution < 1.29 is 13.9 Å². The van der Waals surface area contributed by atoms with Gasteiger partial charge < -0.3 is 15.4 Å². The van der Waals surface area contributed by atoms with Crippen LogP contribution in [-0.4, -0.2) is 37.0 Å². The Kier molecular flexibility index (Phi) is 3.84. The number of nitrogens with two attached hydrogens (primary N) is 1. The molecule has 2 rings (SSSR count). The van der Waals surface area contributed by atoms with Crippen LogP contribution in [0.15, 0.2) is 18.2 Å². The molecule has 1 aromatic heterocycles. The number of ether oxygens (including phenoxy) is 1. The quantitative estimate of drug-likeness (QED) is 0.873. The van der Waals surface area contributed by atoms with Gasteiger partial charge in [-0.3, -0.25) is 0 Å². The van der Waals surface area contributed by atoms with Crippen molar-refractivity contribution in [1.82, 2.24) is 9.78 Å². The molecule has 7 heteroatoms. The maximum atomic E-state index is 13.2. The normalized spacial score (nSPS) is 10.5. The molecule has 0 radical (unpaired) electrons. The number of methoxy groups -OCH3 is 1. The number of anilines is 2. The number of esters is 1. The molecule has 21 heavy (non-hydrogen) atoms. The Labute approximate surface area is 121 Å². The molecule has 0 aliphatic carbocycles. The van der Waals surface area contributed by atoms with E-state index in [-0.39, 0.29) is 17.2 Å². The lowest BCUT2D eigenvalue weighted by Crippen LogP contribution is -2.14. The van der Waals surface area contributed by atoms with Crippen molar-refractivity contribution >= 4 is 17.6 Å². The molecule has 2 N–H and O–H groups in total. The van der Waals surface area contributed by atoms with Gasteiger partial charge in [0.15, 0.2) is 5.82 Å². The van der Waals surface area contributed by atoms with Gasteiger partial charge in [0.25, 0.3) is 0 Å². The van der Waals surface area contributed by atoms with Gasteiger partial charge in [0.05, 0.1) is 12.8 Å². The summed E-state index contributed by atoms with van der Waals surface area (Å²) < 4.78 is 19.4. The van der Waals surface area contributed by atoms with E-state index in [0.29, 0.717) is 17.1 Å². The lowest BCUT2D eigenvalue weighted by atomic mass is 10.2. The molecule has 0 aliphatic heterocycles. The number of hydrogen-bond acceptors (Lipinski definition) is 5. The van der Waals surface area contributed by atoms with Crippen molar-refractivity contribution in [3.63, 3.8) is 0 Å². The first-order valence-electron chi connectivity index (χ1n) is 6.27. The summed E-state index contributed by atoms with van der Waals surface area (Å²) in [7, 11) is 4.77. The number of aromatic nitrogens is 2. The number of hydrogen-bond donors (Lipinski definition) is 1. The van der Waals surface area contributed by atoms with Crippen LogP contribution in [0, 0.1) is 12.7 Å². The number of carbonyl (C=O) groups is 1. The van der Waals surface area contributed by atoms with Crippen LogP contribution in [0.1, 0.15) is 15.9 Å². The highest BCUT2D eigenvalue weighted by molar-refractivity contribution is 6.00. The fraction of sp³-hybridized carbons (Fsp3) is 0.286. The molecule has 0 saturated heterocycles. The van der Waals surface area contributed by atoms with Crippen LogP contribution in [0.5, 0.6) is 0 Å². The van der Waals surface area contributed by atoms with E-state index in [1.54, 1.807) is 32.0 Å². The van der Waals surface area contributed by atoms with Crippen molar-refractivity contribution in [1.29, 1.82) is 0 Å². The zero-order valence-electron chi connectivity index (χ0n) is 12.3. The minimum atomic E-state index is -0.567. The fourth-order valence-corrected chi connectivity index (χ4v) is 2.07. The van der Waals surface area contributed by atoms with Crippen LogP contribution in [0.25, 0.3) is 5.69 Å². The Morgan fingerprint density at radius 1 is 1.43 bits per heavy atom.